The quantitative estimate of drug-likeness (QED) is 0.444. The molecule has 4 aromatic rings. The summed E-state index contributed by atoms with van der Waals surface area (Å²) in [5, 5.41) is 17.3. The van der Waals surface area contributed by atoms with Crippen molar-refractivity contribution < 1.29 is 4.79 Å². The Hall–Kier alpha value is -3.71. The summed E-state index contributed by atoms with van der Waals surface area (Å²) in [6.45, 7) is 1.71. The number of carbonyl (C=O) groups is 1. The molecule has 1 aliphatic heterocycles. The maximum Gasteiger partial charge on any atom is 0.321 e. The van der Waals surface area contributed by atoms with Gasteiger partial charge in [0, 0.05) is 23.8 Å². The van der Waals surface area contributed by atoms with Gasteiger partial charge in [0.05, 0.1) is 12.0 Å². The Balaban J connectivity index is 1.36. The first-order chi connectivity index (χ1) is 16.6. The molecule has 0 radical (unpaired) electrons. The summed E-state index contributed by atoms with van der Waals surface area (Å²) in [4.78, 5) is 16.3. The van der Waals surface area contributed by atoms with Gasteiger partial charge < -0.3 is 10.2 Å². The van der Waals surface area contributed by atoms with Gasteiger partial charge in [-0.25, -0.2) is 4.79 Å². The van der Waals surface area contributed by atoms with Gasteiger partial charge in [-0.2, -0.15) is 4.80 Å². The molecule has 8 heteroatoms. The third-order valence-electron chi connectivity index (χ3n) is 6.37. The molecule has 2 heterocycles. The van der Waals surface area contributed by atoms with Crippen LogP contribution in [0.4, 0.5) is 10.5 Å². The molecule has 1 aromatic heterocycles. The fourth-order valence-electron chi connectivity index (χ4n) is 4.47. The highest BCUT2D eigenvalue weighted by atomic mass is 35.5. The minimum Gasteiger partial charge on any atom is -0.324 e. The van der Waals surface area contributed by atoms with Gasteiger partial charge >= 0.3 is 6.03 Å². The minimum absolute atomic E-state index is 0.0905. The summed E-state index contributed by atoms with van der Waals surface area (Å²) in [6.07, 6.45) is 1.43. The number of carbonyl (C=O) groups excluding carboxylic acids is 1. The lowest BCUT2D eigenvalue weighted by Crippen LogP contribution is -2.47. The number of tetrazole rings is 1. The van der Waals surface area contributed by atoms with Crippen LogP contribution in [0.5, 0.6) is 0 Å². The van der Waals surface area contributed by atoms with Crippen LogP contribution in [0.3, 0.4) is 0 Å². The molecule has 7 nitrogen and oxygen atoms in total. The molecule has 0 saturated carbocycles. The van der Waals surface area contributed by atoms with Crippen LogP contribution in [-0.4, -0.2) is 44.2 Å². The van der Waals surface area contributed by atoms with Gasteiger partial charge in [0.1, 0.15) is 0 Å². The predicted octanol–water partition coefficient (Wildman–Crippen LogP) is 4.99. The van der Waals surface area contributed by atoms with E-state index in [9.17, 15) is 4.79 Å². The molecule has 1 fully saturated rings. The topological polar surface area (TPSA) is 75.9 Å². The molecule has 0 atom stereocenters. The van der Waals surface area contributed by atoms with Gasteiger partial charge in [-0.05, 0) is 53.4 Å². The second kappa shape index (κ2) is 9.65. The number of aromatic nitrogens is 4. The summed E-state index contributed by atoms with van der Waals surface area (Å²) >= 11 is 6.00. The first kappa shape index (κ1) is 22.1. The lowest BCUT2D eigenvalue weighted by molar-refractivity contribution is 0.177. The number of urea groups is 1. The number of benzene rings is 3. The molecule has 1 saturated heterocycles. The lowest BCUT2D eigenvalue weighted by Gasteiger charge is -2.40. The van der Waals surface area contributed by atoms with Gasteiger partial charge in [0.25, 0.3) is 0 Å². The number of rotatable bonds is 5. The number of nitrogens with zero attached hydrogens (tertiary/aromatic N) is 5. The van der Waals surface area contributed by atoms with Crippen molar-refractivity contribution in [3.8, 4) is 0 Å². The number of piperidine rings is 1. The Morgan fingerprint density at radius 1 is 0.912 bits per heavy atom. The largest absolute Gasteiger partial charge is 0.324 e. The van der Waals surface area contributed by atoms with Crippen LogP contribution in [0.25, 0.3) is 0 Å². The van der Waals surface area contributed by atoms with Crippen LogP contribution < -0.4 is 5.32 Å². The number of hydrogen-bond acceptors (Lipinski definition) is 4. The Kier molecular flexibility index (Phi) is 6.27. The predicted molar refractivity (Wildman–Crippen MR) is 132 cm³/mol. The van der Waals surface area contributed by atoms with Crippen molar-refractivity contribution in [1.29, 1.82) is 0 Å². The Labute approximate surface area is 203 Å². The van der Waals surface area contributed by atoms with Crippen LogP contribution in [0.15, 0.2) is 84.9 Å². The van der Waals surface area contributed by atoms with Crippen molar-refractivity contribution in [2.75, 3.05) is 18.4 Å². The zero-order valence-corrected chi connectivity index (χ0v) is 19.4. The maximum atomic E-state index is 12.8. The molecule has 34 heavy (non-hydrogen) atoms. The molecule has 1 N–H and O–H groups in total. The van der Waals surface area contributed by atoms with E-state index in [0.717, 1.165) is 16.8 Å². The fourth-order valence-corrected chi connectivity index (χ4v) is 4.59. The van der Waals surface area contributed by atoms with E-state index in [1.165, 1.54) is 0 Å². The Morgan fingerprint density at radius 3 is 2.24 bits per heavy atom. The standard InChI is InChI=1S/C26H25ClN6O/c27-22-13-11-20(12-14-22)19-33-30-24(29-31-33)26(21-7-3-1-4-8-21)15-17-32(18-16-26)25(34)28-23-9-5-2-6-10-23/h1-14H,15-19H2,(H,28,34). The van der Waals surface area contributed by atoms with Gasteiger partial charge in [-0.1, -0.05) is 72.3 Å². The number of halogens is 1. The molecule has 1 aliphatic rings. The highest BCUT2D eigenvalue weighted by molar-refractivity contribution is 6.30. The highest BCUT2D eigenvalue weighted by Gasteiger charge is 2.42. The van der Waals surface area contributed by atoms with Crippen molar-refractivity contribution in [3.63, 3.8) is 0 Å². The summed E-state index contributed by atoms with van der Waals surface area (Å²) in [7, 11) is 0. The number of nitrogens with one attached hydrogen (secondary N) is 1. The zero-order chi connectivity index (χ0) is 23.4. The van der Waals surface area contributed by atoms with Crippen molar-refractivity contribution in [3.05, 3.63) is 107 Å². The summed E-state index contributed by atoms with van der Waals surface area (Å²) in [5.41, 5.74) is 2.58. The molecule has 0 aliphatic carbocycles. The SMILES string of the molecule is O=C(Nc1ccccc1)N1CCC(c2ccccc2)(c2nnn(Cc3ccc(Cl)cc3)n2)CC1. The van der Waals surface area contributed by atoms with Gasteiger partial charge in [-0.3, -0.25) is 0 Å². The third-order valence-corrected chi connectivity index (χ3v) is 6.63. The average Bonchev–Trinajstić information content (AvgIpc) is 3.36. The smallest absolute Gasteiger partial charge is 0.321 e. The van der Waals surface area contributed by atoms with Gasteiger partial charge in [0.15, 0.2) is 5.82 Å². The van der Waals surface area contributed by atoms with Crippen LogP contribution in [0.1, 0.15) is 29.8 Å². The van der Waals surface area contributed by atoms with E-state index in [0.29, 0.717) is 43.3 Å². The molecule has 3 aromatic carbocycles. The van der Waals surface area contributed by atoms with E-state index >= 15 is 0 Å². The van der Waals surface area contributed by atoms with Crippen LogP contribution >= 0.6 is 11.6 Å². The summed E-state index contributed by atoms with van der Waals surface area (Å²) < 4.78 is 0. The van der Waals surface area contributed by atoms with Gasteiger partial charge in [-0.15, -0.1) is 10.2 Å². The molecule has 0 bridgehead atoms. The average molecular weight is 473 g/mol. The second-order valence-electron chi connectivity index (χ2n) is 8.50. The molecule has 2 amide bonds. The minimum atomic E-state index is -0.400. The summed E-state index contributed by atoms with van der Waals surface area (Å²) in [6, 6.07) is 27.4. The highest BCUT2D eigenvalue weighted by Crippen LogP contribution is 2.40. The van der Waals surface area contributed by atoms with E-state index in [2.05, 4.69) is 27.8 Å². The van der Waals surface area contributed by atoms with Crippen LogP contribution in [-0.2, 0) is 12.0 Å². The van der Waals surface area contributed by atoms with E-state index < -0.39 is 5.41 Å². The van der Waals surface area contributed by atoms with E-state index in [-0.39, 0.29) is 6.03 Å². The Bertz CT molecular complexity index is 1240. The zero-order valence-electron chi connectivity index (χ0n) is 18.6. The maximum absolute atomic E-state index is 12.8. The van der Waals surface area contributed by atoms with Crippen molar-refractivity contribution in [1.82, 2.24) is 25.1 Å². The molecule has 0 spiro atoms. The third kappa shape index (κ3) is 4.65. The lowest BCUT2D eigenvalue weighted by atomic mass is 9.72. The van der Waals surface area contributed by atoms with E-state index in [1.54, 1.807) is 4.80 Å². The summed E-state index contributed by atoms with van der Waals surface area (Å²) in [5.74, 6) is 0.691. The van der Waals surface area contributed by atoms with E-state index in [1.807, 2.05) is 77.7 Å². The molecule has 5 rings (SSSR count). The van der Waals surface area contributed by atoms with Gasteiger partial charge in [0.2, 0.25) is 0 Å². The number of likely N-dealkylation sites (tertiary alicyclic amines) is 1. The van der Waals surface area contributed by atoms with E-state index in [4.69, 9.17) is 16.7 Å². The Morgan fingerprint density at radius 2 is 1.56 bits per heavy atom. The normalized spacial score (nSPS) is 15.1. The first-order valence-corrected chi connectivity index (χ1v) is 11.7. The number of hydrogen-bond donors (Lipinski definition) is 1. The van der Waals surface area contributed by atoms with Crippen molar-refractivity contribution in [2.24, 2.45) is 0 Å². The fraction of sp³-hybridized carbons (Fsp3) is 0.231. The molecule has 0 unspecified atom stereocenters. The first-order valence-electron chi connectivity index (χ1n) is 11.3. The molecular weight excluding hydrogens is 448 g/mol. The molecule has 172 valence electrons. The van der Waals surface area contributed by atoms with Crippen LogP contribution in [0, 0.1) is 0 Å². The van der Waals surface area contributed by atoms with Crippen molar-refractivity contribution in [2.45, 2.75) is 24.8 Å². The monoisotopic (exact) mass is 472 g/mol. The number of para-hydroxylation sites is 1. The van der Waals surface area contributed by atoms with Crippen LogP contribution in [0.2, 0.25) is 5.02 Å². The molecular formula is C26H25ClN6O. The number of amides is 2. The second-order valence-corrected chi connectivity index (χ2v) is 8.94. The van der Waals surface area contributed by atoms with Crippen molar-refractivity contribution >= 4 is 23.3 Å². The number of anilines is 1.